The second-order valence-electron chi connectivity index (χ2n) is 9.78. The first-order chi connectivity index (χ1) is 18.1. The maximum atomic E-state index is 13.5. The van der Waals surface area contributed by atoms with Gasteiger partial charge in [0, 0.05) is 30.5 Å². The highest BCUT2D eigenvalue weighted by Gasteiger charge is 2.27. The highest BCUT2D eigenvalue weighted by atomic mass is 32.2. The van der Waals surface area contributed by atoms with Crippen LogP contribution in [0.25, 0.3) is 27.9 Å². The third-order valence-corrected chi connectivity index (χ3v) is 9.90. The van der Waals surface area contributed by atoms with Gasteiger partial charge in [-0.2, -0.15) is 0 Å². The topological polar surface area (TPSA) is 115 Å². The van der Waals surface area contributed by atoms with E-state index in [1.807, 2.05) is 11.3 Å². The highest BCUT2D eigenvalue weighted by Crippen LogP contribution is 2.34. The summed E-state index contributed by atoms with van der Waals surface area (Å²) in [5.74, 6) is 0.954. The van der Waals surface area contributed by atoms with Crippen molar-refractivity contribution in [1.29, 1.82) is 0 Å². The Labute approximate surface area is 221 Å². The number of hydrogen-bond acceptors (Lipinski definition) is 7. The van der Waals surface area contributed by atoms with Crippen molar-refractivity contribution in [2.45, 2.75) is 35.5 Å². The van der Waals surface area contributed by atoms with Gasteiger partial charge in [-0.1, -0.05) is 29.8 Å². The van der Waals surface area contributed by atoms with E-state index < -0.39 is 19.9 Å². The highest BCUT2D eigenvalue weighted by molar-refractivity contribution is 7.90. The predicted octanol–water partition coefficient (Wildman–Crippen LogP) is 3.77. The number of piperidine rings is 1. The predicted molar refractivity (Wildman–Crippen MR) is 146 cm³/mol. The molecule has 2 aromatic carbocycles. The van der Waals surface area contributed by atoms with E-state index >= 15 is 0 Å². The van der Waals surface area contributed by atoms with Crippen molar-refractivity contribution in [3.8, 4) is 11.3 Å². The number of hydrogen-bond donors (Lipinski definition) is 1. The number of nitrogens with zero attached hydrogens (tertiary/aromatic N) is 4. The van der Waals surface area contributed by atoms with Crippen LogP contribution in [-0.2, 0) is 19.9 Å². The molecule has 6 rings (SSSR count). The summed E-state index contributed by atoms with van der Waals surface area (Å²) in [5, 5.41) is 3.44. The Hall–Kier alpha value is -3.54. The second kappa shape index (κ2) is 9.04. The van der Waals surface area contributed by atoms with Crippen LogP contribution >= 0.6 is 0 Å². The quantitative estimate of drug-likeness (QED) is 0.355. The molecule has 11 heteroatoms. The van der Waals surface area contributed by atoms with Crippen molar-refractivity contribution < 1.29 is 16.8 Å². The van der Waals surface area contributed by atoms with Crippen molar-refractivity contribution in [3.05, 3.63) is 78.4 Å². The Kier molecular flexibility index (Phi) is 5.89. The van der Waals surface area contributed by atoms with Crippen LogP contribution in [0.5, 0.6) is 0 Å². The van der Waals surface area contributed by atoms with Gasteiger partial charge in [0.1, 0.15) is 5.82 Å². The van der Waals surface area contributed by atoms with Crippen LogP contribution < -0.4 is 5.32 Å². The SMILES string of the molecule is Cc1ccc(S(=O)(=O)n2ccc3c2ncc2c(-c4ccc(S(C)(=O)=O)cc4)nc([C@H]4CCCNC4)n23)cc1. The first-order valence-corrected chi connectivity index (χ1v) is 15.7. The fourth-order valence-corrected chi connectivity index (χ4v) is 7.00. The third kappa shape index (κ3) is 4.11. The standard InChI is InChI=1S/C27H27N5O4S2/c1-18-5-9-22(10-6-18)38(35,36)31-15-13-23-27(31)29-17-24-25(19-7-11-21(12-8-19)37(2,33)34)30-26(32(23)24)20-4-3-14-28-16-20/h5-13,15,17,20,28H,3-4,14,16H2,1-2H3/t20-/m0/s1. The van der Waals surface area contributed by atoms with Gasteiger partial charge >= 0.3 is 0 Å². The molecule has 0 bridgehead atoms. The first-order valence-electron chi connectivity index (χ1n) is 12.4. The summed E-state index contributed by atoms with van der Waals surface area (Å²) in [6, 6.07) is 15.2. The summed E-state index contributed by atoms with van der Waals surface area (Å²) in [6.45, 7) is 3.62. The molecule has 0 radical (unpaired) electrons. The molecule has 4 heterocycles. The summed E-state index contributed by atoms with van der Waals surface area (Å²) in [7, 11) is -7.19. The van der Waals surface area contributed by atoms with Crippen LogP contribution in [0.4, 0.5) is 0 Å². The lowest BCUT2D eigenvalue weighted by atomic mass is 9.99. The summed E-state index contributed by atoms with van der Waals surface area (Å²) in [5.41, 5.74) is 4.11. The molecule has 3 aromatic heterocycles. The van der Waals surface area contributed by atoms with Crippen LogP contribution in [0.15, 0.2) is 76.8 Å². The third-order valence-electron chi connectivity index (χ3n) is 7.09. The number of rotatable bonds is 5. The van der Waals surface area contributed by atoms with Gasteiger partial charge in [-0.15, -0.1) is 0 Å². The molecule has 38 heavy (non-hydrogen) atoms. The van der Waals surface area contributed by atoms with Crippen molar-refractivity contribution in [2.24, 2.45) is 0 Å². The summed E-state index contributed by atoms with van der Waals surface area (Å²) in [4.78, 5) is 10.1. The van der Waals surface area contributed by atoms with Crippen LogP contribution in [-0.4, -0.2) is 54.5 Å². The minimum atomic E-state index is -3.86. The van der Waals surface area contributed by atoms with Crippen molar-refractivity contribution in [2.75, 3.05) is 19.3 Å². The zero-order valence-corrected chi connectivity index (χ0v) is 22.6. The maximum absolute atomic E-state index is 13.5. The number of aryl methyl sites for hydroxylation is 1. The second-order valence-corrected chi connectivity index (χ2v) is 13.6. The Bertz CT molecular complexity index is 1880. The average molecular weight is 550 g/mol. The van der Waals surface area contributed by atoms with E-state index in [0.29, 0.717) is 16.9 Å². The molecule has 0 spiro atoms. The van der Waals surface area contributed by atoms with Gasteiger partial charge in [-0.3, -0.25) is 4.40 Å². The van der Waals surface area contributed by atoms with Gasteiger partial charge in [-0.25, -0.2) is 30.8 Å². The summed E-state index contributed by atoms with van der Waals surface area (Å²) >= 11 is 0. The molecular formula is C27H27N5O4S2. The van der Waals surface area contributed by atoms with Gasteiger partial charge in [0.2, 0.25) is 0 Å². The lowest BCUT2D eigenvalue weighted by Crippen LogP contribution is -2.29. The van der Waals surface area contributed by atoms with Crippen LogP contribution in [0, 0.1) is 6.92 Å². The minimum Gasteiger partial charge on any atom is -0.316 e. The van der Waals surface area contributed by atoms with E-state index in [9.17, 15) is 16.8 Å². The summed E-state index contributed by atoms with van der Waals surface area (Å²) < 4.78 is 54.2. The monoisotopic (exact) mass is 549 g/mol. The van der Waals surface area contributed by atoms with Crippen LogP contribution in [0.1, 0.15) is 30.1 Å². The van der Waals surface area contributed by atoms with E-state index in [2.05, 4.69) is 10.3 Å². The normalized spacial score (nSPS) is 16.8. The molecule has 1 N–H and O–H groups in total. The molecule has 1 saturated heterocycles. The van der Waals surface area contributed by atoms with E-state index in [1.165, 1.54) is 16.4 Å². The number of benzene rings is 2. The zero-order chi connectivity index (χ0) is 26.7. The van der Waals surface area contributed by atoms with E-state index in [4.69, 9.17) is 4.98 Å². The number of aromatic nitrogens is 4. The van der Waals surface area contributed by atoms with Crippen LogP contribution in [0.2, 0.25) is 0 Å². The van der Waals surface area contributed by atoms with E-state index in [0.717, 1.165) is 48.4 Å². The van der Waals surface area contributed by atoms with Gasteiger partial charge in [-0.05, 0) is 56.6 Å². The lowest BCUT2D eigenvalue weighted by Gasteiger charge is -2.21. The van der Waals surface area contributed by atoms with Gasteiger partial charge in [0.15, 0.2) is 15.5 Å². The molecule has 5 aromatic rings. The zero-order valence-electron chi connectivity index (χ0n) is 21.0. The molecule has 1 fully saturated rings. The first kappa shape index (κ1) is 24.8. The number of imidazole rings is 1. The fraction of sp³-hybridized carbons (Fsp3) is 0.259. The minimum absolute atomic E-state index is 0.128. The van der Waals surface area contributed by atoms with E-state index in [1.54, 1.807) is 60.8 Å². The molecule has 0 amide bonds. The molecule has 196 valence electrons. The molecular weight excluding hydrogens is 522 g/mol. The van der Waals surface area contributed by atoms with Gasteiger partial charge in [0.25, 0.3) is 10.0 Å². The van der Waals surface area contributed by atoms with Gasteiger partial charge in [0.05, 0.1) is 32.7 Å². The largest absolute Gasteiger partial charge is 0.316 e. The Balaban J connectivity index is 1.57. The molecule has 0 saturated carbocycles. The lowest BCUT2D eigenvalue weighted by molar-refractivity contribution is 0.446. The van der Waals surface area contributed by atoms with E-state index in [-0.39, 0.29) is 15.7 Å². The van der Waals surface area contributed by atoms with Crippen LogP contribution in [0.3, 0.4) is 0 Å². The molecule has 1 atom stereocenters. The Morgan fingerprint density at radius 3 is 2.29 bits per heavy atom. The number of fused-ring (bicyclic) bond motifs is 3. The average Bonchev–Trinajstić information content (AvgIpc) is 3.51. The number of sulfone groups is 1. The molecule has 1 aliphatic heterocycles. The molecule has 0 unspecified atom stereocenters. The number of nitrogens with one attached hydrogen (secondary N) is 1. The molecule has 9 nitrogen and oxygen atoms in total. The van der Waals surface area contributed by atoms with Crippen molar-refractivity contribution in [3.63, 3.8) is 0 Å². The molecule has 0 aliphatic carbocycles. The van der Waals surface area contributed by atoms with Crippen molar-refractivity contribution in [1.82, 2.24) is 23.7 Å². The smallest absolute Gasteiger partial charge is 0.269 e. The maximum Gasteiger partial charge on any atom is 0.269 e. The summed E-state index contributed by atoms with van der Waals surface area (Å²) in [6.07, 6.45) is 6.32. The van der Waals surface area contributed by atoms with Crippen molar-refractivity contribution >= 4 is 36.5 Å². The Morgan fingerprint density at radius 2 is 1.63 bits per heavy atom. The molecule has 1 aliphatic rings. The Morgan fingerprint density at radius 1 is 0.921 bits per heavy atom. The fourth-order valence-electron chi connectivity index (χ4n) is 5.08. The van der Waals surface area contributed by atoms with Gasteiger partial charge < -0.3 is 5.32 Å².